The van der Waals surface area contributed by atoms with Crippen molar-refractivity contribution < 1.29 is 5.11 Å². The molecule has 0 radical (unpaired) electrons. The summed E-state index contributed by atoms with van der Waals surface area (Å²) >= 11 is 12.3. The third-order valence-electron chi connectivity index (χ3n) is 4.32. The van der Waals surface area contributed by atoms with Crippen LogP contribution in [0.15, 0.2) is 36.4 Å². The van der Waals surface area contributed by atoms with Crippen LogP contribution in [0.25, 0.3) is 21.8 Å². The van der Waals surface area contributed by atoms with Gasteiger partial charge in [0.15, 0.2) is 0 Å². The summed E-state index contributed by atoms with van der Waals surface area (Å²) in [5.41, 5.74) is 2.17. The highest BCUT2D eigenvalue weighted by Crippen LogP contribution is 2.33. The summed E-state index contributed by atoms with van der Waals surface area (Å²) in [7, 11) is 0. The zero-order valence-corrected chi connectivity index (χ0v) is 14.7. The van der Waals surface area contributed by atoms with Crippen LogP contribution in [0.2, 0.25) is 10.0 Å². The van der Waals surface area contributed by atoms with E-state index in [9.17, 15) is 5.11 Å². The van der Waals surface area contributed by atoms with E-state index in [1.165, 1.54) is 6.42 Å². The van der Waals surface area contributed by atoms with Crippen molar-refractivity contribution in [2.75, 3.05) is 0 Å². The molecule has 0 aliphatic rings. The van der Waals surface area contributed by atoms with Crippen molar-refractivity contribution in [3.8, 4) is 0 Å². The monoisotopic (exact) mass is 349 g/mol. The van der Waals surface area contributed by atoms with Crippen LogP contribution >= 0.6 is 23.2 Å². The predicted octanol–water partition coefficient (Wildman–Crippen LogP) is 6.04. The van der Waals surface area contributed by atoms with Gasteiger partial charge in [0.2, 0.25) is 0 Å². The van der Waals surface area contributed by atoms with E-state index in [4.69, 9.17) is 23.2 Å². The molecule has 0 saturated heterocycles. The van der Waals surface area contributed by atoms with E-state index in [0.29, 0.717) is 16.6 Å². The Morgan fingerprint density at radius 1 is 0.957 bits per heavy atom. The molecule has 1 heterocycles. The van der Waals surface area contributed by atoms with E-state index in [2.05, 4.69) is 11.5 Å². The van der Waals surface area contributed by atoms with Crippen molar-refractivity contribution in [2.24, 2.45) is 0 Å². The van der Waals surface area contributed by atoms with Crippen LogP contribution < -0.4 is 0 Å². The SMILES string of the molecule is CCCCCC(O)Cn1c2ccc(Cl)cc2c2cc(Cl)ccc21. The highest BCUT2D eigenvalue weighted by atomic mass is 35.5. The predicted molar refractivity (Wildman–Crippen MR) is 99.6 cm³/mol. The molecule has 3 aromatic rings. The van der Waals surface area contributed by atoms with Crippen LogP contribution in [0.4, 0.5) is 0 Å². The minimum Gasteiger partial charge on any atom is -0.391 e. The Kier molecular flexibility index (Phi) is 5.15. The Bertz CT molecular complexity index is 766. The molecule has 1 aromatic heterocycles. The minimum absolute atomic E-state index is 0.341. The maximum absolute atomic E-state index is 10.4. The van der Waals surface area contributed by atoms with Crippen molar-refractivity contribution in [3.05, 3.63) is 46.4 Å². The quantitative estimate of drug-likeness (QED) is 0.539. The number of benzene rings is 2. The smallest absolute Gasteiger partial charge is 0.0719 e. The largest absolute Gasteiger partial charge is 0.391 e. The van der Waals surface area contributed by atoms with Crippen LogP contribution in [0.5, 0.6) is 0 Å². The summed E-state index contributed by atoms with van der Waals surface area (Å²) in [6, 6.07) is 11.8. The Labute approximate surface area is 146 Å². The van der Waals surface area contributed by atoms with Gasteiger partial charge < -0.3 is 9.67 Å². The molecule has 122 valence electrons. The van der Waals surface area contributed by atoms with Gasteiger partial charge in [-0.2, -0.15) is 0 Å². The lowest BCUT2D eigenvalue weighted by atomic mass is 10.1. The van der Waals surface area contributed by atoms with Gasteiger partial charge in [-0.15, -0.1) is 0 Å². The van der Waals surface area contributed by atoms with Crippen LogP contribution in [0.3, 0.4) is 0 Å². The number of unbranched alkanes of at least 4 members (excludes halogenated alkanes) is 2. The zero-order chi connectivity index (χ0) is 16.4. The van der Waals surface area contributed by atoms with Gasteiger partial charge in [0.1, 0.15) is 0 Å². The number of aliphatic hydroxyl groups excluding tert-OH is 1. The molecule has 23 heavy (non-hydrogen) atoms. The van der Waals surface area contributed by atoms with Gasteiger partial charge in [-0.05, 0) is 42.8 Å². The Hall–Kier alpha value is -1.22. The molecule has 0 aliphatic carbocycles. The van der Waals surface area contributed by atoms with Crippen molar-refractivity contribution in [2.45, 2.75) is 45.3 Å². The maximum Gasteiger partial charge on any atom is 0.0719 e. The number of aromatic nitrogens is 1. The molecule has 3 rings (SSSR count). The second kappa shape index (κ2) is 7.12. The van der Waals surface area contributed by atoms with E-state index >= 15 is 0 Å². The van der Waals surface area contributed by atoms with Gasteiger partial charge in [0, 0.05) is 38.4 Å². The minimum atomic E-state index is -0.341. The first kappa shape index (κ1) is 16.6. The molecular weight excluding hydrogens is 329 g/mol. The Balaban J connectivity index is 2.03. The molecule has 0 amide bonds. The maximum atomic E-state index is 10.4. The molecular formula is C19H21Cl2NO. The van der Waals surface area contributed by atoms with Gasteiger partial charge in [-0.3, -0.25) is 0 Å². The van der Waals surface area contributed by atoms with E-state index in [0.717, 1.165) is 41.1 Å². The lowest BCUT2D eigenvalue weighted by molar-refractivity contribution is 0.144. The molecule has 1 atom stereocenters. The lowest BCUT2D eigenvalue weighted by Gasteiger charge is -2.14. The fourth-order valence-electron chi connectivity index (χ4n) is 3.18. The van der Waals surface area contributed by atoms with Crippen LogP contribution in [-0.2, 0) is 6.54 Å². The summed E-state index contributed by atoms with van der Waals surface area (Å²) in [6.45, 7) is 2.76. The number of aliphatic hydroxyl groups is 1. The first-order chi connectivity index (χ1) is 11.1. The van der Waals surface area contributed by atoms with Crippen molar-refractivity contribution in [3.63, 3.8) is 0 Å². The molecule has 0 aliphatic heterocycles. The third-order valence-corrected chi connectivity index (χ3v) is 4.79. The summed E-state index contributed by atoms with van der Waals surface area (Å²) in [5, 5.41) is 14.0. The second-order valence-electron chi connectivity index (χ2n) is 6.08. The normalized spacial score (nSPS) is 13.0. The zero-order valence-electron chi connectivity index (χ0n) is 13.2. The standard InChI is InChI=1S/C19H21Cl2NO/c1-2-3-4-5-15(23)12-22-18-8-6-13(20)10-16(18)17-11-14(21)7-9-19(17)22/h6-11,15,23H,2-5,12H2,1H3. The summed E-state index contributed by atoms with van der Waals surface area (Å²) in [6.07, 6.45) is 3.88. The number of halogens is 2. The van der Waals surface area contributed by atoms with Gasteiger partial charge in [-0.1, -0.05) is 49.4 Å². The number of fused-ring (bicyclic) bond motifs is 3. The molecule has 0 spiro atoms. The summed E-state index contributed by atoms with van der Waals surface area (Å²) in [5.74, 6) is 0. The summed E-state index contributed by atoms with van der Waals surface area (Å²) in [4.78, 5) is 0. The van der Waals surface area contributed by atoms with Gasteiger partial charge in [-0.25, -0.2) is 0 Å². The highest BCUT2D eigenvalue weighted by Gasteiger charge is 2.14. The highest BCUT2D eigenvalue weighted by molar-refractivity contribution is 6.33. The van der Waals surface area contributed by atoms with Gasteiger partial charge in [0.25, 0.3) is 0 Å². The third kappa shape index (κ3) is 3.50. The lowest BCUT2D eigenvalue weighted by Crippen LogP contribution is -2.15. The fraction of sp³-hybridized carbons (Fsp3) is 0.368. The van der Waals surface area contributed by atoms with Crippen molar-refractivity contribution >= 4 is 45.0 Å². The van der Waals surface area contributed by atoms with E-state index < -0.39 is 0 Å². The number of hydrogen-bond donors (Lipinski definition) is 1. The van der Waals surface area contributed by atoms with E-state index in [1.54, 1.807) is 0 Å². The summed E-state index contributed by atoms with van der Waals surface area (Å²) < 4.78 is 2.17. The van der Waals surface area contributed by atoms with Crippen LogP contribution in [0.1, 0.15) is 32.6 Å². The van der Waals surface area contributed by atoms with E-state index in [-0.39, 0.29) is 6.10 Å². The van der Waals surface area contributed by atoms with E-state index in [1.807, 2.05) is 36.4 Å². The molecule has 4 heteroatoms. The Morgan fingerprint density at radius 2 is 1.52 bits per heavy atom. The van der Waals surface area contributed by atoms with Gasteiger partial charge >= 0.3 is 0 Å². The average molecular weight is 350 g/mol. The van der Waals surface area contributed by atoms with Crippen molar-refractivity contribution in [1.29, 1.82) is 0 Å². The molecule has 1 N–H and O–H groups in total. The number of rotatable bonds is 6. The fourth-order valence-corrected chi connectivity index (χ4v) is 3.52. The van der Waals surface area contributed by atoms with Gasteiger partial charge in [0.05, 0.1) is 6.10 Å². The average Bonchev–Trinajstić information content (AvgIpc) is 2.80. The second-order valence-corrected chi connectivity index (χ2v) is 6.96. The molecule has 0 bridgehead atoms. The molecule has 1 unspecified atom stereocenters. The molecule has 0 saturated carbocycles. The van der Waals surface area contributed by atoms with Crippen molar-refractivity contribution in [1.82, 2.24) is 4.57 Å². The molecule has 2 aromatic carbocycles. The Morgan fingerprint density at radius 3 is 2.04 bits per heavy atom. The first-order valence-corrected chi connectivity index (χ1v) is 8.91. The van der Waals surface area contributed by atoms with Crippen LogP contribution in [-0.4, -0.2) is 15.8 Å². The van der Waals surface area contributed by atoms with Crippen LogP contribution in [0, 0.1) is 0 Å². The number of hydrogen-bond acceptors (Lipinski definition) is 1. The topological polar surface area (TPSA) is 25.2 Å². The number of nitrogens with zero attached hydrogens (tertiary/aromatic N) is 1. The molecule has 0 fully saturated rings. The molecule has 2 nitrogen and oxygen atoms in total. The first-order valence-electron chi connectivity index (χ1n) is 8.15.